The molecule has 1 aliphatic rings. The first-order chi connectivity index (χ1) is 11.4. The number of nitrogens with zero attached hydrogens (tertiary/aromatic N) is 2. The Balaban J connectivity index is 1.82. The second-order valence-electron chi connectivity index (χ2n) is 5.96. The zero-order chi connectivity index (χ0) is 17.3. The van der Waals surface area contributed by atoms with Crippen LogP contribution < -0.4 is 0 Å². The molecule has 0 saturated carbocycles. The number of benzene rings is 1. The lowest BCUT2D eigenvalue weighted by Gasteiger charge is -2.33. The summed E-state index contributed by atoms with van der Waals surface area (Å²) in [6.45, 7) is 2.97. The zero-order valence-corrected chi connectivity index (χ0v) is 14.2. The largest absolute Gasteiger partial charge is 0.481 e. The average Bonchev–Trinajstić information content (AvgIpc) is 3.03. The van der Waals surface area contributed by atoms with Crippen LogP contribution in [0.4, 0.5) is 0 Å². The van der Waals surface area contributed by atoms with Gasteiger partial charge in [0, 0.05) is 31.4 Å². The summed E-state index contributed by atoms with van der Waals surface area (Å²) in [5, 5.41) is 8.72. The Morgan fingerprint density at radius 2 is 1.92 bits per heavy atom. The van der Waals surface area contributed by atoms with Gasteiger partial charge >= 0.3 is 5.97 Å². The highest BCUT2D eigenvalue weighted by molar-refractivity contribution is 7.89. The average molecular weight is 348 g/mol. The third-order valence-electron chi connectivity index (χ3n) is 4.44. The number of hydrogen-bond acceptors (Lipinski definition) is 3. The highest BCUT2D eigenvalue weighted by atomic mass is 32.2. The fourth-order valence-electron chi connectivity index (χ4n) is 3.10. The van der Waals surface area contributed by atoms with Crippen LogP contribution in [0, 0.1) is 0 Å². The van der Waals surface area contributed by atoms with Crippen molar-refractivity contribution in [3.63, 3.8) is 0 Å². The number of carboxylic acids is 1. The third-order valence-corrected chi connectivity index (χ3v) is 6.43. The maximum Gasteiger partial charge on any atom is 0.303 e. The van der Waals surface area contributed by atoms with Crippen molar-refractivity contribution in [1.82, 2.24) is 8.87 Å². The predicted octanol–water partition coefficient (Wildman–Crippen LogP) is 2.27. The van der Waals surface area contributed by atoms with Crippen molar-refractivity contribution in [3.8, 4) is 0 Å². The van der Waals surface area contributed by atoms with Gasteiger partial charge in [-0.15, -0.1) is 0 Å². The molecule has 0 spiro atoms. The molecule has 24 heavy (non-hydrogen) atoms. The van der Waals surface area contributed by atoms with Gasteiger partial charge in [-0.3, -0.25) is 4.79 Å². The van der Waals surface area contributed by atoms with E-state index in [1.54, 1.807) is 24.3 Å². The molecule has 1 aromatic carbocycles. The summed E-state index contributed by atoms with van der Waals surface area (Å²) < 4.78 is 29.5. The van der Waals surface area contributed by atoms with E-state index in [0.29, 0.717) is 19.5 Å². The number of sulfonamides is 1. The van der Waals surface area contributed by atoms with Gasteiger partial charge in [0.25, 0.3) is 0 Å². The monoisotopic (exact) mass is 348 g/mol. The van der Waals surface area contributed by atoms with Crippen LogP contribution >= 0.6 is 0 Å². The number of carboxylic acid groups (broad SMARTS) is 1. The van der Waals surface area contributed by atoms with Gasteiger partial charge in [-0.2, -0.15) is 4.31 Å². The number of carbonyl (C=O) groups is 1. The molecule has 0 aliphatic carbocycles. The first-order valence-electron chi connectivity index (χ1n) is 7.87. The molecular weight excluding hydrogens is 328 g/mol. The molecule has 2 aromatic rings. The molecule has 128 valence electrons. The van der Waals surface area contributed by atoms with Crippen LogP contribution in [0.15, 0.2) is 47.5 Å². The van der Waals surface area contributed by atoms with E-state index >= 15 is 0 Å². The Bertz CT molecular complexity index is 840. The van der Waals surface area contributed by atoms with Crippen molar-refractivity contribution in [2.45, 2.75) is 37.2 Å². The van der Waals surface area contributed by atoms with E-state index in [9.17, 15) is 13.2 Å². The lowest BCUT2D eigenvalue weighted by molar-refractivity contribution is -0.136. The van der Waals surface area contributed by atoms with Crippen molar-refractivity contribution < 1.29 is 18.3 Å². The number of hydrogen-bond donors (Lipinski definition) is 1. The van der Waals surface area contributed by atoms with Crippen LogP contribution in [0.25, 0.3) is 0 Å². The first kappa shape index (κ1) is 16.7. The summed E-state index contributed by atoms with van der Waals surface area (Å²) in [5.41, 5.74) is 1.81. The highest BCUT2D eigenvalue weighted by Gasteiger charge is 2.33. The van der Waals surface area contributed by atoms with E-state index in [1.807, 2.05) is 25.3 Å². The van der Waals surface area contributed by atoms with Crippen molar-refractivity contribution in [1.29, 1.82) is 0 Å². The summed E-state index contributed by atoms with van der Waals surface area (Å²) in [7, 11) is -3.58. The van der Waals surface area contributed by atoms with Crippen LogP contribution in [-0.4, -0.2) is 34.9 Å². The minimum Gasteiger partial charge on any atom is -0.481 e. The molecule has 0 radical (unpaired) electrons. The number of fused-ring (bicyclic) bond motifs is 1. The second kappa shape index (κ2) is 6.41. The summed E-state index contributed by atoms with van der Waals surface area (Å²) in [6, 6.07) is 10.2. The molecule has 0 fully saturated rings. The summed E-state index contributed by atoms with van der Waals surface area (Å²) in [6.07, 6.45) is 2.39. The van der Waals surface area contributed by atoms with Gasteiger partial charge in [0.05, 0.1) is 10.9 Å². The van der Waals surface area contributed by atoms with E-state index in [4.69, 9.17) is 5.11 Å². The van der Waals surface area contributed by atoms with E-state index in [2.05, 4.69) is 4.57 Å². The first-order valence-corrected chi connectivity index (χ1v) is 9.31. The van der Waals surface area contributed by atoms with Crippen molar-refractivity contribution in [2.24, 2.45) is 0 Å². The van der Waals surface area contributed by atoms with Crippen LogP contribution in [0.5, 0.6) is 0 Å². The predicted molar refractivity (Wildman–Crippen MR) is 89.1 cm³/mol. The molecule has 0 bridgehead atoms. The van der Waals surface area contributed by atoms with Crippen molar-refractivity contribution >= 4 is 16.0 Å². The van der Waals surface area contributed by atoms with Gasteiger partial charge in [0.2, 0.25) is 10.0 Å². The summed E-state index contributed by atoms with van der Waals surface area (Å²) in [4.78, 5) is 10.9. The van der Waals surface area contributed by atoms with Crippen LogP contribution in [0.3, 0.4) is 0 Å². The number of rotatable bonds is 5. The van der Waals surface area contributed by atoms with Gasteiger partial charge < -0.3 is 9.67 Å². The molecule has 7 heteroatoms. The molecule has 6 nitrogen and oxygen atoms in total. The summed E-state index contributed by atoms with van der Waals surface area (Å²) in [5.74, 6) is -0.864. The Morgan fingerprint density at radius 3 is 2.58 bits per heavy atom. The lowest BCUT2D eigenvalue weighted by Crippen LogP contribution is -2.40. The number of aryl methyl sites for hydroxylation is 1. The minimum atomic E-state index is -3.58. The summed E-state index contributed by atoms with van der Waals surface area (Å²) >= 11 is 0. The Kier molecular flexibility index (Phi) is 4.47. The molecule has 1 atom stereocenters. The minimum absolute atomic E-state index is 0.0340. The molecule has 0 saturated heterocycles. The Labute approximate surface area is 141 Å². The van der Waals surface area contributed by atoms with Crippen LogP contribution in [-0.2, 0) is 27.8 Å². The van der Waals surface area contributed by atoms with E-state index < -0.39 is 16.0 Å². The van der Waals surface area contributed by atoms with Crippen molar-refractivity contribution in [2.75, 3.05) is 6.54 Å². The van der Waals surface area contributed by atoms with Crippen molar-refractivity contribution in [3.05, 3.63) is 53.9 Å². The molecule has 0 amide bonds. The second-order valence-corrected chi connectivity index (χ2v) is 7.85. The maximum absolute atomic E-state index is 12.9. The molecule has 3 rings (SSSR count). The van der Waals surface area contributed by atoms with Gasteiger partial charge in [-0.05, 0) is 43.2 Å². The third kappa shape index (κ3) is 3.09. The van der Waals surface area contributed by atoms with Gasteiger partial charge in [-0.25, -0.2) is 8.42 Å². The number of aromatic nitrogens is 1. The standard InChI is InChI=1S/C17H20N2O4S/c1-13-16-3-2-10-18(16)11-12-19(13)24(22,23)15-7-4-14(5-8-15)6-9-17(20)21/h2-5,7-8,10,13H,6,9,11-12H2,1H3,(H,20,21)/t13-/m1/s1. The van der Waals surface area contributed by atoms with Crippen LogP contribution in [0.1, 0.15) is 30.6 Å². The van der Waals surface area contributed by atoms with E-state index in [1.165, 1.54) is 4.31 Å². The molecule has 1 aliphatic heterocycles. The zero-order valence-electron chi connectivity index (χ0n) is 13.4. The SMILES string of the molecule is C[C@@H]1c2cccn2CCN1S(=O)(=O)c1ccc(CCC(=O)O)cc1. The fraction of sp³-hybridized carbons (Fsp3) is 0.353. The van der Waals surface area contributed by atoms with Gasteiger partial charge in [-0.1, -0.05) is 12.1 Å². The topological polar surface area (TPSA) is 79.6 Å². The Hall–Kier alpha value is -2.12. The Morgan fingerprint density at radius 1 is 1.21 bits per heavy atom. The van der Waals surface area contributed by atoms with Gasteiger partial charge in [0.1, 0.15) is 0 Å². The van der Waals surface area contributed by atoms with Gasteiger partial charge in [0.15, 0.2) is 0 Å². The van der Waals surface area contributed by atoms with E-state index in [0.717, 1.165) is 11.3 Å². The number of aliphatic carboxylic acids is 1. The maximum atomic E-state index is 12.9. The fourth-order valence-corrected chi connectivity index (χ4v) is 4.70. The smallest absolute Gasteiger partial charge is 0.303 e. The molecule has 1 N–H and O–H groups in total. The quantitative estimate of drug-likeness (QED) is 0.899. The molecule has 0 unspecified atom stereocenters. The van der Waals surface area contributed by atoms with Crippen LogP contribution in [0.2, 0.25) is 0 Å². The molecular formula is C17H20N2O4S. The molecule has 2 heterocycles. The normalized spacial score (nSPS) is 18.3. The molecule has 1 aromatic heterocycles. The lowest BCUT2D eigenvalue weighted by atomic mass is 10.1. The van der Waals surface area contributed by atoms with E-state index in [-0.39, 0.29) is 17.4 Å². The highest BCUT2D eigenvalue weighted by Crippen LogP contribution is 2.31.